The Morgan fingerprint density at radius 1 is 1.16 bits per heavy atom. The molecule has 0 atom stereocenters. The summed E-state index contributed by atoms with van der Waals surface area (Å²) < 4.78 is 10.4. The van der Waals surface area contributed by atoms with Gasteiger partial charge in [-0.1, -0.05) is 17.7 Å². The predicted octanol–water partition coefficient (Wildman–Crippen LogP) is 3.84. The molecule has 0 saturated carbocycles. The van der Waals surface area contributed by atoms with Gasteiger partial charge in [0.05, 0.1) is 19.1 Å². The molecule has 0 aliphatic heterocycles. The fourth-order valence-corrected chi connectivity index (χ4v) is 2.43. The van der Waals surface area contributed by atoms with Crippen molar-refractivity contribution < 1.29 is 19.2 Å². The van der Waals surface area contributed by atoms with E-state index in [2.05, 4.69) is 5.32 Å². The first-order chi connectivity index (χ1) is 11.9. The molecule has 8 heteroatoms. The van der Waals surface area contributed by atoms with Crippen LogP contribution in [0.4, 0.5) is 11.4 Å². The third-order valence-electron chi connectivity index (χ3n) is 3.52. The maximum absolute atomic E-state index is 12.1. The molecule has 7 nitrogen and oxygen atoms in total. The van der Waals surface area contributed by atoms with Gasteiger partial charge < -0.3 is 14.8 Å². The summed E-state index contributed by atoms with van der Waals surface area (Å²) in [5.74, 6) is 0.948. The largest absolute Gasteiger partial charge is 0.493 e. The molecule has 132 valence electrons. The van der Waals surface area contributed by atoms with Crippen molar-refractivity contribution in [3.63, 3.8) is 0 Å². The van der Waals surface area contributed by atoms with Crippen LogP contribution in [0.2, 0.25) is 5.02 Å². The molecule has 0 radical (unpaired) electrons. The molecule has 0 saturated heterocycles. The van der Waals surface area contributed by atoms with Crippen molar-refractivity contribution in [2.75, 3.05) is 19.5 Å². The standard InChI is InChI=1S/C17H17ClN2O5/c1-24-15-7-3-11(9-16(15)25-2)4-8-17(21)19-12-5-6-13(18)14(10-12)20(22)23/h3,5-7,9-10H,4,8H2,1-2H3,(H,19,21). The first-order valence-electron chi connectivity index (χ1n) is 7.39. The van der Waals surface area contributed by atoms with Gasteiger partial charge in [-0.15, -0.1) is 0 Å². The minimum atomic E-state index is -0.596. The average Bonchev–Trinajstić information content (AvgIpc) is 2.61. The van der Waals surface area contributed by atoms with Gasteiger partial charge in [0.25, 0.3) is 5.69 Å². The van der Waals surface area contributed by atoms with Crippen LogP contribution in [0.25, 0.3) is 0 Å². The maximum Gasteiger partial charge on any atom is 0.289 e. The number of nitro groups is 1. The monoisotopic (exact) mass is 364 g/mol. The lowest BCUT2D eigenvalue weighted by Gasteiger charge is -2.10. The summed E-state index contributed by atoms with van der Waals surface area (Å²) >= 11 is 5.75. The van der Waals surface area contributed by atoms with Crippen LogP contribution in [-0.4, -0.2) is 25.1 Å². The van der Waals surface area contributed by atoms with E-state index in [4.69, 9.17) is 21.1 Å². The van der Waals surface area contributed by atoms with E-state index in [1.807, 2.05) is 6.07 Å². The Balaban J connectivity index is 1.99. The number of nitrogens with zero attached hydrogens (tertiary/aromatic N) is 1. The minimum absolute atomic E-state index is 0.0216. The number of anilines is 1. The Hall–Kier alpha value is -2.80. The number of carbonyl (C=O) groups excluding carboxylic acids is 1. The van der Waals surface area contributed by atoms with Crippen LogP contribution in [0.1, 0.15) is 12.0 Å². The van der Waals surface area contributed by atoms with Crippen LogP contribution in [-0.2, 0) is 11.2 Å². The number of benzene rings is 2. The summed E-state index contributed by atoms with van der Waals surface area (Å²) in [7, 11) is 3.10. The van der Waals surface area contributed by atoms with Gasteiger partial charge in [0.2, 0.25) is 5.91 Å². The van der Waals surface area contributed by atoms with Crippen molar-refractivity contribution in [3.8, 4) is 11.5 Å². The van der Waals surface area contributed by atoms with Crippen LogP contribution in [0, 0.1) is 10.1 Å². The molecule has 2 rings (SSSR count). The molecule has 1 amide bonds. The Morgan fingerprint density at radius 3 is 2.52 bits per heavy atom. The number of rotatable bonds is 7. The van der Waals surface area contributed by atoms with Crippen molar-refractivity contribution in [2.45, 2.75) is 12.8 Å². The summed E-state index contributed by atoms with van der Waals surface area (Å²) in [6, 6.07) is 9.56. The smallest absolute Gasteiger partial charge is 0.289 e. The molecule has 0 spiro atoms. The first-order valence-corrected chi connectivity index (χ1v) is 7.77. The molecule has 0 heterocycles. The molecular weight excluding hydrogens is 348 g/mol. The van der Waals surface area contributed by atoms with Crippen molar-refractivity contribution in [3.05, 3.63) is 57.1 Å². The number of nitrogens with one attached hydrogen (secondary N) is 1. The van der Waals surface area contributed by atoms with Gasteiger partial charge in [0, 0.05) is 18.2 Å². The number of ether oxygens (including phenoxy) is 2. The molecule has 0 bridgehead atoms. The van der Waals surface area contributed by atoms with Crippen molar-refractivity contribution in [1.29, 1.82) is 0 Å². The summed E-state index contributed by atoms with van der Waals surface area (Å²) in [4.78, 5) is 22.3. The number of carbonyl (C=O) groups is 1. The Morgan fingerprint density at radius 2 is 1.88 bits per heavy atom. The number of hydrogen-bond donors (Lipinski definition) is 1. The second-order valence-electron chi connectivity index (χ2n) is 5.16. The molecular formula is C17H17ClN2O5. The van der Waals surface area contributed by atoms with E-state index in [0.29, 0.717) is 23.6 Å². The van der Waals surface area contributed by atoms with Crippen molar-refractivity contribution in [2.24, 2.45) is 0 Å². The topological polar surface area (TPSA) is 90.7 Å². The van der Waals surface area contributed by atoms with E-state index in [1.165, 1.54) is 18.2 Å². The van der Waals surface area contributed by atoms with E-state index in [1.54, 1.807) is 26.4 Å². The molecule has 0 aromatic heterocycles. The lowest BCUT2D eigenvalue weighted by molar-refractivity contribution is -0.384. The molecule has 2 aromatic rings. The molecule has 25 heavy (non-hydrogen) atoms. The van der Waals surface area contributed by atoms with Gasteiger partial charge in [-0.2, -0.15) is 0 Å². The number of hydrogen-bond acceptors (Lipinski definition) is 5. The molecule has 0 unspecified atom stereocenters. The summed E-state index contributed by atoms with van der Waals surface area (Å²) in [5, 5.41) is 13.5. The molecule has 0 aliphatic carbocycles. The summed E-state index contributed by atoms with van der Waals surface area (Å²) in [6.45, 7) is 0. The quantitative estimate of drug-likeness (QED) is 0.595. The van der Waals surface area contributed by atoms with Crippen LogP contribution < -0.4 is 14.8 Å². The number of methoxy groups -OCH3 is 2. The zero-order valence-corrected chi connectivity index (χ0v) is 14.5. The van der Waals surface area contributed by atoms with Crippen LogP contribution in [0.3, 0.4) is 0 Å². The SMILES string of the molecule is COc1ccc(CCC(=O)Nc2ccc(Cl)c([N+](=O)[O-])c2)cc1OC. The van der Waals surface area contributed by atoms with Crippen LogP contribution in [0.5, 0.6) is 11.5 Å². The van der Waals surface area contributed by atoms with Gasteiger partial charge in [0.15, 0.2) is 11.5 Å². The third kappa shape index (κ3) is 4.84. The number of halogens is 1. The van der Waals surface area contributed by atoms with Gasteiger partial charge in [-0.25, -0.2) is 0 Å². The van der Waals surface area contributed by atoms with E-state index in [-0.39, 0.29) is 23.0 Å². The van der Waals surface area contributed by atoms with E-state index in [0.717, 1.165) is 5.56 Å². The molecule has 0 aliphatic rings. The lowest BCUT2D eigenvalue weighted by atomic mass is 10.1. The summed E-state index contributed by atoms with van der Waals surface area (Å²) in [5.41, 5.74) is 0.989. The van der Waals surface area contributed by atoms with Crippen LogP contribution >= 0.6 is 11.6 Å². The predicted molar refractivity (Wildman–Crippen MR) is 94.6 cm³/mol. The fraction of sp³-hybridized carbons (Fsp3) is 0.235. The summed E-state index contributed by atoms with van der Waals surface area (Å²) in [6.07, 6.45) is 0.702. The van der Waals surface area contributed by atoms with E-state index >= 15 is 0 Å². The molecule has 2 aromatic carbocycles. The highest BCUT2D eigenvalue weighted by atomic mass is 35.5. The Labute approximate surface area is 149 Å². The Kier molecular flexibility index (Phi) is 6.19. The molecule has 0 fully saturated rings. The number of nitro benzene ring substituents is 1. The maximum atomic E-state index is 12.1. The normalized spacial score (nSPS) is 10.2. The third-order valence-corrected chi connectivity index (χ3v) is 3.83. The second-order valence-corrected chi connectivity index (χ2v) is 5.57. The average molecular weight is 365 g/mol. The fourth-order valence-electron chi connectivity index (χ4n) is 2.25. The zero-order chi connectivity index (χ0) is 18.4. The van der Waals surface area contributed by atoms with E-state index in [9.17, 15) is 14.9 Å². The van der Waals surface area contributed by atoms with Gasteiger partial charge >= 0.3 is 0 Å². The minimum Gasteiger partial charge on any atom is -0.493 e. The highest BCUT2D eigenvalue weighted by Crippen LogP contribution is 2.29. The van der Waals surface area contributed by atoms with Crippen LogP contribution in [0.15, 0.2) is 36.4 Å². The number of amides is 1. The molecule has 1 N–H and O–H groups in total. The Bertz CT molecular complexity index is 795. The second kappa shape index (κ2) is 8.34. The first kappa shape index (κ1) is 18.5. The van der Waals surface area contributed by atoms with Gasteiger partial charge in [0.1, 0.15) is 5.02 Å². The highest BCUT2D eigenvalue weighted by molar-refractivity contribution is 6.32. The van der Waals surface area contributed by atoms with Gasteiger partial charge in [-0.3, -0.25) is 14.9 Å². The highest BCUT2D eigenvalue weighted by Gasteiger charge is 2.14. The van der Waals surface area contributed by atoms with E-state index < -0.39 is 4.92 Å². The van der Waals surface area contributed by atoms with Gasteiger partial charge in [-0.05, 0) is 36.2 Å². The lowest BCUT2D eigenvalue weighted by Crippen LogP contribution is -2.12. The van der Waals surface area contributed by atoms with Crippen molar-refractivity contribution >= 4 is 28.9 Å². The van der Waals surface area contributed by atoms with Crippen molar-refractivity contribution in [1.82, 2.24) is 0 Å². The number of aryl methyl sites for hydroxylation is 1. The zero-order valence-electron chi connectivity index (χ0n) is 13.7.